The number of benzene rings is 1. The largest absolute Gasteiger partial charge is 0.461 e. The Labute approximate surface area is 92.5 Å². The van der Waals surface area contributed by atoms with Crippen molar-refractivity contribution >= 4 is 11.7 Å². The molecule has 0 fully saturated rings. The maximum absolute atomic E-state index is 11.0. The molecule has 0 saturated carbocycles. The van der Waals surface area contributed by atoms with Crippen LogP contribution in [0.3, 0.4) is 0 Å². The van der Waals surface area contributed by atoms with E-state index in [1.807, 2.05) is 0 Å². The smallest absolute Gasteiger partial charge is 0.309 e. The van der Waals surface area contributed by atoms with E-state index in [0.717, 1.165) is 0 Å². The van der Waals surface area contributed by atoms with Crippen LogP contribution >= 0.6 is 0 Å². The van der Waals surface area contributed by atoms with Crippen LogP contribution in [0.5, 0.6) is 0 Å². The highest BCUT2D eigenvalue weighted by molar-refractivity contribution is 5.70. The quantitative estimate of drug-likeness (QED) is 0.331. The van der Waals surface area contributed by atoms with Crippen molar-refractivity contribution in [3.05, 3.63) is 52.6 Å². The van der Waals surface area contributed by atoms with Gasteiger partial charge in [-0.3, -0.25) is 14.9 Å². The third kappa shape index (κ3) is 3.53. The van der Waals surface area contributed by atoms with Gasteiger partial charge in [0.15, 0.2) is 0 Å². The second-order valence-electron chi connectivity index (χ2n) is 3.08. The van der Waals surface area contributed by atoms with Crippen LogP contribution in [0.15, 0.2) is 36.9 Å². The lowest BCUT2D eigenvalue weighted by atomic mass is 10.2. The maximum Gasteiger partial charge on any atom is 0.309 e. The van der Waals surface area contributed by atoms with Gasteiger partial charge in [-0.25, -0.2) is 0 Å². The number of nitro groups is 1. The molecule has 5 nitrogen and oxygen atoms in total. The first-order valence-corrected chi connectivity index (χ1v) is 4.63. The third-order valence-electron chi connectivity index (χ3n) is 1.86. The van der Waals surface area contributed by atoms with Gasteiger partial charge in [-0.1, -0.05) is 6.08 Å². The van der Waals surface area contributed by atoms with Gasteiger partial charge in [0.25, 0.3) is 5.69 Å². The summed E-state index contributed by atoms with van der Waals surface area (Å²) in [4.78, 5) is 20.9. The Balaban J connectivity index is 2.52. The van der Waals surface area contributed by atoms with Crippen LogP contribution in [-0.4, -0.2) is 10.9 Å². The van der Waals surface area contributed by atoms with E-state index in [2.05, 4.69) is 6.58 Å². The molecule has 0 heterocycles. The highest BCUT2D eigenvalue weighted by atomic mass is 16.6. The lowest BCUT2D eigenvalue weighted by molar-refractivity contribution is -0.384. The second-order valence-corrected chi connectivity index (χ2v) is 3.08. The van der Waals surface area contributed by atoms with Crippen molar-refractivity contribution in [2.24, 2.45) is 0 Å². The van der Waals surface area contributed by atoms with Gasteiger partial charge >= 0.3 is 5.97 Å². The van der Waals surface area contributed by atoms with E-state index in [1.54, 1.807) is 12.1 Å². The molecule has 1 rings (SSSR count). The average Bonchev–Trinajstić information content (AvgIpc) is 2.27. The van der Waals surface area contributed by atoms with Crippen LogP contribution in [0.25, 0.3) is 0 Å². The first kappa shape index (κ1) is 11.9. The molecule has 0 bridgehead atoms. The molecule has 1 aromatic rings. The summed E-state index contributed by atoms with van der Waals surface area (Å²) in [6, 6.07) is 5.85. The third-order valence-corrected chi connectivity index (χ3v) is 1.86. The molecule has 0 aromatic heterocycles. The number of esters is 1. The highest BCUT2D eigenvalue weighted by Crippen LogP contribution is 2.12. The normalized spacial score (nSPS) is 9.50. The van der Waals surface area contributed by atoms with E-state index in [9.17, 15) is 14.9 Å². The molecule has 0 spiro atoms. The molecule has 0 aliphatic rings. The number of nitro benzene ring substituents is 1. The molecule has 84 valence electrons. The molecule has 0 saturated heterocycles. The Hall–Kier alpha value is -2.17. The minimum Gasteiger partial charge on any atom is -0.461 e. The Morgan fingerprint density at radius 3 is 2.56 bits per heavy atom. The van der Waals surface area contributed by atoms with Crippen molar-refractivity contribution in [2.45, 2.75) is 13.0 Å². The lowest BCUT2D eigenvalue weighted by Gasteiger charge is -2.02. The number of nitrogens with zero attached hydrogens (tertiary/aromatic N) is 1. The Morgan fingerprint density at radius 1 is 1.44 bits per heavy atom. The first-order chi connectivity index (χ1) is 7.63. The molecule has 0 amide bonds. The molecule has 0 atom stereocenters. The monoisotopic (exact) mass is 221 g/mol. The van der Waals surface area contributed by atoms with E-state index >= 15 is 0 Å². The number of carbonyl (C=O) groups is 1. The van der Waals surface area contributed by atoms with E-state index < -0.39 is 4.92 Å². The van der Waals surface area contributed by atoms with Gasteiger partial charge in [-0.2, -0.15) is 0 Å². The van der Waals surface area contributed by atoms with E-state index in [4.69, 9.17) is 4.74 Å². The van der Waals surface area contributed by atoms with Crippen molar-refractivity contribution in [2.75, 3.05) is 0 Å². The maximum atomic E-state index is 11.0. The summed E-state index contributed by atoms with van der Waals surface area (Å²) < 4.78 is 4.89. The zero-order chi connectivity index (χ0) is 12.0. The number of hydrogen-bond acceptors (Lipinski definition) is 4. The number of hydrogen-bond donors (Lipinski definition) is 0. The van der Waals surface area contributed by atoms with E-state index in [1.165, 1.54) is 18.2 Å². The fraction of sp³-hybridized carbons (Fsp3) is 0.182. The molecule has 0 aliphatic carbocycles. The molecule has 0 unspecified atom stereocenters. The molecule has 0 aliphatic heterocycles. The standard InChI is InChI=1S/C11H11NO4/c1-2-3-11(13)16-8-9-4-6-10(7-5-9)12(14)15/h2,4-7H,1,3,8H2. The average molecular weight is 221 g/mol. The first-order valence-electron chi connectivity index (χ1n) is 4.63. The summed E-state index contributed by atoms with van der Waals surface area (Å²) in [6.07, 6.45) is 1.62. The van der Waals surface area contributed by atoms with Gasteiger partial charge in [-0.15, -0.1) is 6.58 Å². The predicted octanol–water partition coefficient (Wildman–Crippen LogP) is 2.21. The van der Waals surface area contributed by atoms with Crippen molar-refractivity contribution in [1.82, 2.24) is 0 Å². The Kier molecular flexibility index (Phi) is 4.20. The van der Waals surface area contributed by atoms with Crippen molar-refractivity contribution in [3.8, 4) is 0 Å². The fourth-order valence-corrected chi connectivity index (χ4v) is 1.05. The van der Waals surface area contributed by atoms with Crippen LogP contribution in [-0.2, 0) is 16.1 Å². The van der Waals surface area contributed by atoms with Gasteiger partial charge in [0.1, 0.15) is 6.61 Å². The van der Waals surface area contributed by atoms with Crippen LogP contribution in [0, 0.1) is 10.1 Å². The van der Waals surface area contributed by atoms with Gasteiger partial charge in [0.2, 0.25) is 0 Å². The summed E-state index contributed by atoms with van der Waals surface area (Å²) in [6.45, 7) is 3.53. The molecule has 0 radical (unpaired) electrons. The van der Waals surface area contributed by atoms with Gasteiger partial charge in [0.05, 0.1) is 11.3 Å². The zero-order valence-corrected chi connectivity index (χ0v) is 8.59. The summed E-state index contributed by atoms with van der Waals surface area (Å²) in [5.41, 5.74) is 0.726. The van der Waals surface area contributed by atoms with Crippen LogP contribution in [0.4, 0.5) is 5.69 Å². The fourth-order valence-electron chi connectivity index (χ4n) is 1.05. The topological polar surface area (TPSA) is 69.4 Å². The van der Waals surface area contributed by atoms with E-state index in [-0.39, 0.29) is 24.7 Å². The van der Waals surface area contributed by atoms with Gasteiger partial charge in [0, 0.05) is 12.1 Å². The van der Waals surface area contributed by atoms with Gasteiger partial charge < -0.3 is 4.74 Å². The predicted molar refractivity (Wildman–Crippen MR) is 57.7 cm³/mol. The van der Waals surface area contributed by atoms with Crippen LogP contribution in [0.1, 0.15) is 12.0 Å². The zero-order valence-electron chi connectivity index (χ0n) is 8.59. The van der Waals surface area contributed by atoms with Gasteiger partial charge in [-0.05, 0) is 17.7 Å². The summed E-state index contributed by atoms with van der Waals surface area (Å²) in [5, 5.41) is 10.4. The summed E-state index contributed by atoms with van der Waals surface area (Å²) >= 11 is 0. The lowest BCUT2D eigenvalue weighted by Crippen LogP contribution is -2.02. The molecule has 0 N–H and O–H groups in total. The van der Waals surface area contributed by atoms with Crippen molar-refractivity contribution < 1.29 is 14.5 Å². The highest BCUT2D eigenvalue weighted by Gasteiger charge is 2.05. The van der Waals surface area contributed by atoms with Crippen molar-refractivity contribution in [3.63, 3.8) is 0 Å². The Bertz CT molecular complexity index is 397. The number of rotatable bonds is 5. The van der Waals surface area contributed by atoms with Crippen molar-refractivity contribution in [1.29, 1.82) is 0 Å². The Morgan fingerprint density at radius 2 is 2.06 bits per heavy atom. The molecule has 1 aromatic carbocycles. The number of non-ortho nitro benzene ring substituents is 1. The minimum atomic E-state index is -0.479. The summed E-state index contributed by atoms with van der Waals surface area (Å²) in [7, 11) is 0. The number of carbonyl (C=O) groups excluding carboxylic acids is 1. The van der Waals surface area contributed by atoms with E-state index in [0.29, 0.717) is 5.56 Å². The molecular weight excluding hydrogens is 210 g/mol. The number of ether oxygens (including phenoxy) is 1. The SMILES string of the molecule is C=CCC(=O)OCc1ccc([N+](=O)[O-])cc1. The molecular formula is C11H11NO4. The molecule has 5 heteroatoms. The minimum absolute atomic E-state index is 0.0150. The summed E-state index contributed by atoms with van der Waals surface area (Å²) in [5.74, 6) is -0.367. The van der Waals surface area contributed by atoms with Crippen LogP contribution in [0.2, 0.25) is 0 Å². The van der Waals surface area contributed by atoms with Crippen LogP contribution < -0.4 is 0 Å². The second kappa shape index (κ2) is 5.65. The molecule has 16 heavy (non-hydrogen) atoms.